The molecule has 98 valence electrons. The number of ether oxygens (including phenoxy) is 1. The van der Waals surface area contributed by atoms with E-state index in [2.05, 4.69) is 10.3 Å². The maximum absolute atomic E-state index is 9.07. The number of nitriles is 2. The summed E-state index contributed by atoms with van der Waals surface area (Å²) in [5.41, 5.74) is 7.43. The first kappa shape index (κ1) is 13.2. The highest BCUT2D eigenvalue weighted by atomic mass is 16.5. The van der Waals surface area contributed by atoms with Gasteiger partial charge >= 0.3 is 0 Å². The van der Waals surface area contributed by atoms with Crippen molar-refractivity contribution < 1.29 is 4.74 Å². The maximum atomic E-state index is 9.07. The smallest absolute Gasteiger partial charge is 0.148 e. The van der Waals surface area contributed by atoms with Gasteiger partial charge < -0.3 is 15.8 Å². The monoisotopic (exact) mass is 265 g/mol. The van der Waals surface area contributed by atoms with Gasteiger partial charge in [0, 0.05) is 6.07 Å². The molecule has 3 N–H and O–H groups in total. The predicted molar refractivity (Wildman–Crippen MR) is 74.4 cm³/mol. The highest BCUT2D eigenvalue weighted by Gasteiger charge is 2.09. The number of anilines is 3. The topological polar surface area (TPSA) is 108 Å². The number of nitrogens with one attached hydrogen (secondary N) is 1. The minimum Gasteiger partial charge on any atom is -0.495 e. The Morgan fingerprint density at radius 3 is 2.70 bits per heavy atom. The molecule has 0 unspecified atom stereocenters. The van der Waals surface area contributed by atoms with Gasteiger partial charge in [-0.15, -0.1) is 0 Å². The van der Waals surface area contributed by atoms with Crippen molar-refractivity contribution in [2.45, 2.75) is 0 Å². The van der Waals surface area contributed by atoms with Crippen molar-refractivity contribution in [2.24, 2.45) is 0 Å². The van der Waals surface area contributed by atoms with Crippen molar-refractivity contribution in [1.29, 1.82) is 10.5 Å². The molecule has 0 amide bonds. The fourth-order valence-corrected chi connectivity index (χ4v) is 1.66. The average Bonchev–Trinajstić information content (AvgIpc) is 2.49. The van der Waals surface area contributed by atoms with Crippen molar-refractivity contribution in [3.63, 3.8) is 0 Å². The first-order valence-corrected chi connectivity index (χ1v) is 5.68. The Kier molecular flexibility index (Phi) is 3.69. The summed E-state index contributed by atoms with van der Waals surface area (Å²) in [4.78, 5) is 4.08. The van der Waals surface area contributed by atoms with E-state index in [1.165, 1.54) is 19.4 Å². The van der Waals surface area contributed by atoms with Crippen LogP contribution in [0, 0.1) is 22.7 Å². The van der Waals surface area contributed by atoms with E-state index in [1.54, 1.807) is 18.2 Å². The molecule has 0 radical (unpaired) electrons. The second-order valence-electron chi connectivity index (χ2n) is 3.93. The van der Waals surface area contributed by atoms with Crippen molar-refractivity contribution in [3.05, 3.63) is 41.6 Å². The van der Waals surface area contributed by atoms with Crippen LogP contribution in [0.25, 0.3) is 0 Å². The Balaban J connectivity index is 2.41. The van der Waals surface area contributed by atoms with Gasteiger partial charge in [-0.1, -0.05) is 0 Å². The summed E-state index contributed by atoms with van der Waals surface area (Å²) in [6.07, 6.45) is 1.46. The molecule has 0 atom stereocenters. The third-order valence-corrected chi connectivity index (χ3v) is 2.61. The van der Waals surface area contributed by atoms with Crippen LogP contribution in [0.2, 0.25) is 0 Å². The molecule has 2 rings (SSSR count). The number of aromatic nitrogens is 1. The van der Waals surface area contributed by atoms with E-state index in [0.29, 0.717) is 34.1 Å². The summed E-state index contributed by atoms with van der Waals surface area (Å²) in [5.74, 6) is 0.872. The summed E-state index contributed by atoms with van der Waals surface area (Å²) in [6, 6.07) is 10.5. The van der Waals surface area contributed by atoms with E-state index in [0.717, 1.165) is 0 Å². The van der Waals surface area contributed by atoms with Crippen LogP contribution in [0.15, 0.2) is 30.5 Å². The zero-order valence-electron chi connectivity index (χ0n) is 10.7. The third kappa shape index (κ3) is 2.60. The molecule has 1 aromatic carbocycles. The number of nitrogens with zero attached hydrogens (tertiary/aromatic N) is 3. The first-order chi connectivity index (χ1) is 9.67. The maximum Gasteiger partial charge on any atom is 0.148 e. The van der Waals surface area contributed by atoms with Crippen LogP contribution in [0.4, 0.5) is 17.2 Å². The van der Waals surface area contributed by atoms with Crippen LogP contribution in [-0.4, -0.2) is 12.1 Å². The lowest BCUT2D eigenvalue weighted by Gasteiger charge is -2.11. The van der Waals surface area contributed by atoms with Crippen LogP contribution in [0.5, 0.6) is 5.75 Å². The molecule has 0 bridgehead atoms. The zero-order chi connectivity index (χ0) is 14.5. The molecule has 6 nitrogen and oxygen atoms in total. The lowest BCUT2D eigenvalue weighted by molar-refractivity contribution is 0.416. The fraction of sp³-hybridized carbons (Fsp3) is 0.0714. The van der Waals surface area contributed by atoms with E-state index < -0.39 is 0 Å². The second kappa shape index (κ2) is 5.59. The first-order valence-electron chi connectivity index (χ1n) is 5.68. The largest absolute Gasteiger partial charge is 0.495 e. The molecule has 0 fully saturated rings. The molecule has 0 saturated heterocycles. The molecular formula is C14H11N5O. The normalized spacial score (nSPS) is 9.35. The molecule has 2 aromatic rings. The minimum absolute atomic E-state index is 0.330. The lowest BCUT2D eigenvalue weighted by Crippen LogP contribution is -2.00. The number of nitrogens with two attached hydrogens (primary N) is 1. The highest BCUT2D eigenvalue weighted by Crippen LogP contribution is 2.29. The highest BCUT2D eigenvalue weighted by molar-refractivity contribution is 5.70. The van der Waals surface area contributed by atoms with E-state index >= 15 is 0 Å². The van der Waals surface area contributed by atoms with Crippen LogP contribution < -0.4 is 15.8 Å². The molecular weight excluding hydrogens is 254 g/mol. The van der Waals surface area contributed by atoms with Gasteiger partial charge in [0.1, 0.15) is 17.6 Å². The standard InChI is InChI=1S/C14H11N5O/c1-20-13-4-9(6-15)2-3-12(13)19-14-10(7-16)5-11(17)8-18-14/h2-5,8H,17H2,1H3,(H,18,19). The molecule has 6 heteroatoms. The summed E-state index contributed by atoms with van der Waals surface area (Å²) in [7, 11) is 1.50. The van der Waals surface area contributed by atoms with Crippen molar-refractivity contribution >= 4 is 17.2 Å². The lowest BCUT2D eigenvalue weighted by atomic mass is 10.2. The number of benzene rings is 1. The molecule has 0 aliphatic heterocycles. The molecule has 1 heterocycles. The Labute approximate surface area is 116 Å². The molecule has 0 aliphatic carbocycles. The van der Waals surface area contributed by atoms with Gasteiger partial charge in [-0.25, -0.2) is 4.98 Å². The molecule has 0 saturated carbocycles. The van der Waals surface area contributed by atoms with E-state index in [4.69, 9.17) is 21.0 Å². The number of pyridine rings is 1. The van der Waals surface area contributed by atoms with Crippen LogP contribution in [-0.2, 0) is 0 Å². The van der Waals surface area contributed by atoms with Gasteiger partial charge in [0.25, 0.3) is 0 Å². The second-order valence-corrected chi connectivity index (χ2v) is 3.93. The van der Waals surface area contributed by atoms with E-state index in [1.807, 2.05) is 12.1 Å². The van der Waals surface area contributed by atoms with Crippen molar-refractivity contribution in [3.8, 4) is 17.9 Å². The number of hydrogen-bond donors (Lipinski definition) is 2. The number of hydrogen-bond acceptors (Lipinski definition) is 6. The minimum atomic E-state index is 0.330. The average molecular weight is 265 g/mol. The van der Waals surface area contributed by atoms with Crippen LogP contribution in [0.1, 0.15) is 11.1 Å². The van der Waals surface area contributed by atoms with E-state index in [9.17, 15) is 0 Å². The van der Waals surface area contributed by atoms with Crippen LogP contribution in [0.3, 0.4) is 0 Å². The molecule has 0 aliphatic rings. The zero-order valence-corrected chi connectivity index (χ0v) is 10.7. The quantitative estimate of drug-likeness (QED) is 0.880. The Hall–Kier alpha value is -3.25. The van der Waals surface area contributed by atoms with Crippen LogP contribution >= 0.6 is 0 Å². The van der Waals surface area contributed by atoms with Gasteiger partial charge in [-0.2, -0.15) is 10.5 Å². The van der Waals surface area contributed by atoms with Gasteiger partial charge in [0.15, 0.2) is 0 Å². The van der Waals surface area contributed by atoms with Crippen molar-refractivity contribution in [1.82, 2.24) is 4.98 Å². The number of nitrogen functional groups attached to an aromatic ring is 1. The van der Waals surface area contributed by atoms with Crippen molar-refractivity contribution in [2.75, 3.05) is 18.2 Å². The summed E-state index contributed by atoms with van der Waals surface area (Å²) >= 11 is 0. The SMILES string of the molecule is COc1cc(C#N)ccc1Nc1ncc(N)cc1C#N. The summed E-state index contributed by atoms with van der Waals surface area (Å²) < 4.78 is 5.21. The molecule has 0 spiro atoms. The predicted octanol–water partition coefficient (Wildman–Crippen LogP) is 2.16. The Bertz CT molecular complexity index is 727. The summed E-state index contributed by atoms with van der Waals surface area (Å²) in [6.45, 7) is 0. The number of rotatable bonds is 3. The fourth-order valence-electron chi connectivity index (χ4n) is 1.66. The third-order valence-electron chi connectivity index (χ3n) is 2.61. The Morgan fingerprint density at radius 2 is 2.05 bits per heavy atom. The number of methoxy groups -OCH3 is 1. The van der Waals surface area contributed by atoms with Gasteiger partial charge in [-0.3, -0.25) is 0 Å². The van der Waals surface area contributed by atoms with E-state index in [-0.39, 0.29) is 0 Å². The van der Waals surface area contributed by atoms with Gasteiger partial charge in [0.2, 0.25) is 0 Å². The summed E-state index contributed by atoms with van der Waals surface area (Å²) in [5, 5.41) is 20.9. The molecule has 1 aromatic heterocycles. The molecule has 20 heavy (non-hydrogen) atoms. The van der Waals surface area contributed by atoms with Gasteiger partial charge in [0.05, 0.1) is 41.9 Å². The Morgan fingerprint density at radius 1 is 1.25 bits per heavy atom. The van der Waals surface area contributed by atoms with Gasteiger partial charge in [-0.05, 0) is 18.2 Å².